The zero-order valence-electron chi connectivity index (χ0n) is 16.4. The van der Waals surface area contributed by atoms with E-state index in [9.17, 15) is 13.2 Å². The summed E-state index contributed by atoms with van der Waals surface area (Å²) in [4.78, 5) is 17.0. The second kappa shape index (κ2) is 8.61. The lowest BCUT2D eigenvalue weighted by Crippen LogP contribution is -2.25. The van der Waals surface area contributed by atoms with Crippen LogP contribution in [0.4, 0.5) is 5.69 Å². The molecule has 2 aromatic rings. The van der Waals surface area contributed by atoms with E-state index in [2.05, 4.69) is 39.9 Å². The summed E-state index contributed by atoms with van der Waals surface area (Å²) in [6.07, 6.45) is 0.754. The lowest BCUT2D eigenvalue weighted by molar-refractivity contribution is 0.0954. The molecule has 158 valence electrons. The summed E-state index contributed by atoms with van der Waals surface area (Å²) in [7, 11) is -2.99. The highest BCUT2D eigenvalue weighted by molar-refractivity contribution is 8.15. The highest BCUT2D eigenvalue weighted by Crippen LogP contribution is 2.35. The maximum atomic E-state index is 12.5. The van der Waals surface area contributed by atoms with E-state index in [1.165, 1.54) is 22.9 Å². The Balaban J connectivity index is 1.37. The zero-order valence-corrected chi connectivity index (χ0v) is 18.8. The van der Waals surface area contributed by atoms with E-state index in [0.717, 1.165) is 6.42 Å². The fourth-order valence-electron chi connectivity index (χ4n) is 3.47. The molecule has 9 heteroatoms. The SMILES string of the molecule is Cc1ccc(CCNC(=O)c2ccc(Cl)c(NC3=N[C@H]4CS(=O)(=O)C[C@@H]4S3)c2)cc1. The van der Waals surface area contributed by atoms with E-state index < -0.39 is 9.84 Å². The fraction of sp³-hybridized carbons (Fsp3) is 0.333. The second-order valence-electron chi connectivity index (χ2n) is 7.55. The Kier molecular flexibility index (Phi) is 6.09. The van der Waals surface area contributed by atoms with Gasteiger partial charge in [0.05, 0.1) is 28.3 Å². The molecule has 0 aliphatic carbocycles. The van der Waals surface area contributed by atoms with Gasteiger partial charge in [-0.2, -0.15) is 0 Å². The van der Waals surface area contributed by atoms with Gasteiger partial charge in [-0.25, -0.2) is 8.42 Å². The third-order valence-electron chi connectivity index (χ3n) is 5.11. The third kappa shape index (κ3) is 4.99. The molecule has 0 bridgehead atoms. The number of sulfone groups is 1. The first-order chi connectivity index (χ1) is 14.3. The first kappa shape index (κ1) is 21.2. The lowest BCUT2D eigenvalue weighted by atomic mass is 10.1. The van der Waals surface area contributed by atoms with Crippen LogP contribution in [-0.4, -0.2) is 48.8 Å². The van der Waals surface area contributed by atoms with Crippen molar-refractivity contribution in [2.24, 2.45) is 4.99 Å². The van der Waals surface area contributed by atoms with Crippen molar-refractivity contribution in [2.45, 2.75) is 24.6 Å². The number of fused-ring (bicyclic) bond motifs is 1. The minimum Gasteiger partial charge on any atom is -0.352 e. The molecule has 0 unspecified atom stereocenters. The summed E-state index contributed by atoms with van der Waals surface area (Å²) in [5.74, 6) is 0.0621. The van der Waals surface area contributed by atoms with Gasteiger partial charge in [-0.05, 0) is 37.1 Å². The van der Waals surface area contributed by atoms with Gasteiger partial charge in [-0.15, -0.1) is 0 Å². The Hall–Kier alpha value is -2.03. The van der Waals surface area contributed by atoms with Gasteiger partial charge in [0.1, 0.15) is 0 Å². The molecule has 2 atom stereocenters. The molecule has 2 heterocycles. The molecule has 0 radical (unpaired) electrons. The van der Waals surface area contributed by atoms with Gasteiger partial charge in [0.2, 0.25) is 0 Å². The molecular weight excluding hydrogens is 442 g/mol. The van der Waals surface area contributed by atoms with Crippen LogP contribution >= 0.6 is 23.4 Å². The number of rotatable bonds is 5. The molecule has 0 spiro atoms. The molecule has 2 aromatic carbocycles. The Morgan fingerprint density at radius 3 is 2.70 bits per heavy atom. The smallest absolute Gasteiger partial charge is 0.251 e. The van der Waals surface area contributed by atoms with E-state index >= 15 is 0 Å². The van der Waals surface area contributed by atoms with Gasteiger partial charge in [-0.1, -0.05) is 53.2 Å². The predicted molar refractivity (Wildman–Crippen MR) is 124 cm³/mol. The van der Waals surface area contributed by atoms with Crippen molar-refractivity contribution in [3.05, 3.63) is 64.2 Å². The Bertz CT molecular complexity index is 1100. The number of amides is 1. The standard InChI is InChI=1S/C21H22ClN3O3S2/c1-13-2-4-14(5-3-13)8-9-23-20(26)15-6-7-16(22)17(10-15)24-21-25-18-11-30(27,28)12-19(18)29-21/h2-7,10,18-19H,8-9,11-12H2,1H3,(H,23,26)(H,24,25)/t18-,19-/m0/s1. The van der Waals surface area contributed by atoms with E-state index in [4.69, 9.17) is 11.6 Å². The molecule has 1 amide bonds. The van der Waals surface area contributed by atoms with Crippen molar-refractivity contribution in [1.29, 1.82) is 0 Å². The van der Waals surface area contributed by atoms with Crippen molar-refractivity contribution < 1.29 is 13.2 Å². The zero-order chi connectivity index (χ0) is 21.3. The van der Waals surface area contributed by atoms with E-state index in [0.29, 0.717) is 28.0 Å². The van der Waals surface area contributed by atoms with Crippen LogP contribution < -0.4 is 10.6 Å². The lowest BCUT2D eigenvalue weighted by Gasteiger charge is -2.11. The molecule has 2 N–H and O–H groups in total. The summed E-state index contributed by atoms with van der Waals surface area (Å²) in [5.41, 5.74) is 3.46. The summed E-state index contributed by atoms with van der Waals surface area (Å²) in [6.45, 7) is 2.58. The Labute approximate surface area is 185 Å². The van der Waals surface area contributed by atoms with Gasteiger partial charge >= 0.3 is 0 Å². The van der Waals surface area contributed by atoms with Crippen molar-refractivity contribution in [3.63, 3.8) is 0 Å². The first-order valence-corrected chi connectivity index (χ1v) is 12.7. The van der Waals surface area contributed by atoms with Crippen molar-refractivity contribution in [2.75, 3.05) is 23.4 Å². The summed E-state index contributed by atoms with van der Waals surface area (Å²) >= 11 is 7.70. The van der Waals surface area contributed by atoms with Crippen LogP contribution in [0.1, 0.15) is 21.5 Å². The summed E-state index contributed by atoms with van der Waals surface area (Å²) in [6, 6.07) is 13.1. The maximum Gasteiger partial charge on any atom is 0.251 e. The van der Waals surface area contributed by atoms with Crippen LogP contribution in [0.5, 0.6) is 0 Å². The van der Waals surface area contributed by atoms with Gasteiger partial charge < -0.3 is 10.6 Å². The Morgan fingerprint density at radius 2 is 1.97 bits per heavy atom. The normalized spacial score (nSPS) is 21.7. The number of carbonyl (C=O) groups is 1. The number of thioether (sulfide) groups is 1. The Morgan fingerprint density at radius 1 is 1.20 bits per heavy atom. The van der Waals surface area contributed by atoms with E-state index in [-0.39, 0.29) is 28.7 Å². The minimum absolute atomic E-state index is 0.0514. The number of nitrogens with zero attached hydrogens (tertiary/aromatic N) is 1. The number of aryl methyl sites for hydroxylation is 1. The molecular formula is C21H22ClN3O3S2. The third-order valence-corrected chi connectivity index (χ3v) is 8.58. The summed E-state index contributed by atoms with van der Waals surface area (Å²) < 4.78 is 23.4. The van der Waals surface area contributed by atoms with Crippen LogP contribution in [0.3, 0.4) is 0 Å². The van der Waals surface area contributed by atoms with Crippen LogP contribution in [0.2, 0.25) is 5.02 Å². The van der Waals surface area contributed by atoms with Gasteiger partial charge in [0.25, 0.3) is 5.91 Å². The second-order valence-corrected chi connectivity index (χ2v) is 11.3. The van der Waals surface area contributed by atoms with Crippen molar-refractivity contribution in [3.8, 4) is 0 Å². The van der Waals surface area contributed by atoms with E-state index in [1.807, 2.05) is 6.92 Å². The topological polar surface area (TPSA) is 87.6 Å². The largest absolute Gasteiger partial charge is 0.352 e. The number of hydrogen-bond donors (Lipinski definition) is 2. The summed E-state index contributed by atoms with van der Waals surface area (Å²) in [5, 5.41) is 7.14. The highest BCUT2D eigenvalue weighted by Gasteiger charge is 2.42. The molecule has 2 aliphatic rings. The van der Waals surface area contributed by atoms with Gasteiger partial charge in [0.15, 0.2) is 15.0 Å². The fourth-order valence-corrected chi connectivity index (χ4v) is 7.30. The first-order valence-electron chi connectivity index (χ1n) is 9.64. The number of benzene rings is 2. The minimum atomic E-state index is -2.99. The molecule has 1 fully saturated rings. The van der Waals surface area contributed by atoms with Crippen molar-refractivity contribution >= 4 is 50.0 Å². The molecule has 6 nitrogen and oxygen atoms in total. The number of nitrogens with one attached hydrogen (secondary N) is 2. The molecule has 0 saturated carbocycles. The average molecular weight is 464 g/mol. The number of halogens is 1. The van der Waals surface area contributed by atoms with Crippen LogP contribution in [-0.2, 0) is 16.3 Å². The number of anilines is 1. The quantitative estimate of drug-likeness (QED) is 0.710. The molecule has 2 aliphatic heterocycles. The molecule has 30 heavy (non-hydrogen) atoms. The van der Waals surface area contributed by atoms with Crippen LogP contribution in [0, 0.1) is 6.92 Å². The number of amidine groups is 1. The predicted octanol–water partition coefficient (Wildman–Crippen LogP) is 3.30. The number of hydrogen-bond acceptors (Lipinski definition) is 6. The van der Waals surface area contributed by atoms with Crippen molar-refractivity contribution in [1.82, 2.24) is 5.32 Å². The molecule has 1 saturated heterocycles. The average Bonchev–Trinajstić information content (AvgIpc) is 3.17. The van der Waals surface area contributed by atoms with Crippen LogP contribution in [0.25, 0.3) is 0 Å². The number of carbonyl (C=O) groups excluding carboxylic acids is 1. The molecule has 0 aromatic heterocycles. The molecule has 4 rings (SSSR count). The van der Waals surface area contributed by atoms with E-state index in [1.54, 1.807) is 18.2 Å². The highest BCUT2D eigenvalue weighted by atomic mass is 35.5. The monoisotopic (exact) mass is 463 g/mol. The number of aliphatic imine (C=N–C) groups is 1. The maximum absolute atomic E-state index is 12.5. The van der Waals surface area contributed by atoms with Crippen LogP contribution in [0.15, 0.2) is 47.5 Å². The van der Waals surface area contributed by atoms with Gasteiger partial charge in [0, 0.05) is 17.4 Å². The van der Waals surface area contributed by atoms with Gasteiger partial charge in [-0.3, -0.25) is 9.79 Å².